The quantitative estimate of drug-likeness (QED) is 0.0286. The SMILES string of the molecule is C.C.C.C.FOC(F)(F)C(F)(F)OC(F)(C(F)(F)F)C(F)(F)OCC(F)(F)F.FOC(F)(F)CC(F)(F)F.[N-]=[N+]=NCCC(F)(F)F.[N-]=[N+]=NCF.[N-]=[N+]=NCOC(F)(F)OC(F)(F)C(F)(F)CN=[N+]=[N-]. The highest BCUT2D eigenvalue weighted by atomic mass is 19.4. The molecule has 0 fully saturated rings. The number of rotatable bonds is 20. The monoisotopic (exact) mass is 1140 g/mol. The van der Waals surface area contributed by atoms with E-state index in [9.17, 15) is 132 Å². The summed E-state index contributed by atoms with van der Waals surface area (Å²) in [5.74, 6) is -12.4. The summed E-state index contributed by atoms with van der Waals surface area (Å²) in [5.41, 5.74) is 30.2. The van der Waals surface area contributed by atoms with Gasteiger partial charge < -0.3 is 4.74 Å². The van der Waals surface area contributed by atoms with Crippen molar-refractivity contribution >= 4 is 0 Å². The lowest BCUT2D eigenvalue weighted by atomic mass is 10.2. The van der Waals surface area contributed by atoms with Crippen molar-refractivity contribution in [1.29, 1.82) is 0 Å². The zero-order chi connectivity index (χ0) is 54.8. The zero-order valence-corrected chi connectivity index (χ0v) is 30.1. The average molecular weight is 1140 g/mol. The van der Waals surface area contributed by atoms with Crippen LogP contribution in [0.15, 0.2) is 20.5 Å². The van der Waals surface area contributed by atoms with Crippen molar-refractivity contribution < 1.29 is 161 Å². The Morgan fingerprint density at radius 2 is 0.859 bits per heavy atom. The fourth-order valence-electron chi connectivity index (χ4n) is 1.93. The molecule has 71 heavy (non-hydrogen) atoms. The minimum absolute atomic E-state index is 0. The van der Waals surface area contributed by atoms with Crippen LogP contribution in [-0.2, 0) is 28.8 Å². The molecule has 0 saturated heterocycles. The van der Waals surface area contributed by atoms with Gasteiger partial charge in [-0.25, -0.2) is 9.13 Å². The molecule has 0 aliphatic rings. The lowest BCUT2D eigenvalue weighted by molar-refractivity contribution is -0.555. The van der Waals surface area contributed by atoms with E-state index in [1.807, 2.05) is 4.91 Å². The maximum Gasteiger partial charge on any atom is 0.490 e. The molecule has 0 aliphatic heterocycles. The highest BCUT2D eigenvalue weighted by molar-refractivity contribution is 4.89. The first-order valence-corrected chi connectivity index (χ1v) is 14.0. The van der Waals surface area contributed by atoms with Gasteiger partial charge in [-0.3, -0.25) is 9.47 Å². The lowest BCUT2D eigenvalue weighted by Crippen LogP contribution is -2.63. The van der Waals surface area contributed by atoms with E-state index in [-0.39, 0.29) is 29.7 Å². The van der Waals surface area contributed by atoms with Gasteiger partial charge in [-0.15, -0.1) is 18.7 Å². The van der Waals surface area contributed by atoms with E-state index in [0.717, 1.165) is 0 Å². The summed E-state index contributed by atoms with van der Waals surface area (Å²) in [6, 6.07) is 0. The summed E-state index contributed by atoms with van der Waals surface area (Å²) in [6.07, 6.45) is -62.4. The molecule has 0 aromatic carbocycles. The van der Waals surface area contributed by atoms with Crippen LogP contribution in [0.2, 0.25) is 0 Å². The fraction of sp³-hybridized carbons (Fsp3) is 1.00. The van der Waals surface area contributed by atoms with Crippen LogP contribution in [-0.4, -0.2) is 107 Å². The third kappa shape index (κ3) is 39.2. The smallest absolute Gasteiger partial charge is 0.306 e. The molecular formula is C23H30F30N12O6. The van der Waals surface area contributed by atoms with Crippen LogP contribution in [0, 0.1) is 0 Å². The first kappa shape index (κ1) is 85.7. The lowest BCUT2D eigenvalue weighted by Gasteiger charge is -2.36. The van der Waals surface area contributed by atoms with E-state index in [4.69, 9.17) is 22.1 Å². The summed E-state index contributed by atoms with van der Waals surface area (Å²) in [6.45, 7) is -8.31. The number of hydrogen-bond donors (Lipinski definition) is 0. The summed E-state index contributed by atoms with van der Waals surface area (Å²) in [5, 5.41) is 9.74. The van der Waals surface area contributed by atoms with E-state index < -0.39 is 119 Å². The topological polar surface area (TPSA) is 250 Å². The van der Waals surface area contributed by atoms with E-state index in [2.05, 4.69) is 44.5 Å². The summed E-state index contributed by atoms with van der Waals surface area (Å²) < 4.78 is 367. The molecule has 1 atom stereocenters. The maximum absolute atomic E-state index is 13.2. The number of ether oxygens (including phenoxy) is 4. The van der Waals surface area contributed by atoms with Crippen molar-refractivity contribution in [1.82, 2.24) is 0 Å². The molecule has 0 rings (SSSR count). The number of hydrogen-bond acceptors (Lipinski definition) is 10. The van der Waals surface area contributed by atoms with Gasteiger partial charge in [0.1, 0.15) is 19.8 Å². The van der Waals surface area contributed by atoms with Gasteiger partial charge in [-0.2, -0.15) is 110 Å². The third-order valence-electron chi connectivity index (χ3n) is 4.41. The van der Waals surface area contributed by atoms with Crippen molar-refractivity contribution in [2.75, 3.05) is 33.2 Å². The van der Waals surface area contributed by atoms with Crippen LogP contribution < -0.4 is 0 Å². The molecule has 0 aromatic heterocycles. The second kappa shape index (κ2) is 34.3. The van der Waals surface area contributed by atoms with Gasteiger partial charge in [0.25, 0.3) is 0 Å². The molecule has 0 radical (unpaired) electrons. The minimum Gasteiger partial charge on any atom is -0.306 e. The van der Waals surface area contributed by atoms with Gasteiger partial charge in [0.05, 0.1) is 6.54 Å². The largest absolute Gasteiger partial charge is 0.490 e. The molecule has 0 amide bonds. The average Bonchev–Trinajstić information content (AvgIpc) is 3.12. The molecule has 0 heterocycles. The zero-order valence-electron chi connectivity index (χ0n) is 30.1. The molecular weight excluding hydrogens is 1110 g/mol. The number of halogens is 30. The number of nitrogens with zero attached hydrogens (tertiary/aromatic N) is 12. The Bertz CT molecular complexity index is 1630. The van der Waals surface area contributed by atoms with Gasteiger partial charge in [-0.05, 0) is 31.2 Å². The molecule has 428 valence electrons. The fourth-order valence-corrected chi connectivity index (χ4v) is 1.93. The molecule has 48 heteroatoms. The van der Waals surface area contributed by atoms with Crippen molar-refractivity contribution in [2.45, 2.75) is 116 Å². The molecule has 18 nitrogen and oxygen atoms in total. The number of alkyl halides is 28. The van der Waals surface area contributed by atoms with Crippen LogP contribution in [0.5, 0.6) is 0 Å². The van der Waals surface area contributed by atoms with Crippen molar-refractivity contribution in [3.8, 4) is 0 Å². The molecule has 0 saturated carbocycles. The minimum atomic E-state index is -7.34. The molecule has 0 N–H and O–H groups in total. The molecule has 0 bridgehead atoms. The molecule has 0 spiro atoms. The summed E-state index contributed by atoms with van der Waals surface area (Å²) in [4.78, 5) is 10.9. The molecule has 0 aromatic rings. The predicted octanol–water partition coefficient (Wildman–Crippen LogP) is 16.3. The van der Waals surface area contributed by atoms with Crippen LogP contribution in [0.1, 0.15) is 42.5 Å². The van der Waals surface area contributed by atoms with E-state index >= 15 is 0 Å². The number of azide groups is 4. The van der Waals surface area contributed by atoms with Crippen LogP contribution >= 0.6 is 0 Å². The highest BCUT2D eigenvalue weighted by Gasteiger charge is 2.80. The van der Waals surface area contributed by atoms with Gasteiger partial charge in [0.2, 0.25) is 0 Å². The highest BCUT2D eigenvalue weighted by Crippen LogP contribution is 2.52. The van der Waals surface area contributed by atoms with Crippen molar-refractivity contribution in [3.63, 3.8) is 0 Å². The van der Waals surface area contributed by atoms with Gasteiger partial charge in [-0.1, -0.05) is 50.2 Å². The second-order valence-corrected chi connectivity index (χ2v) is 9.58. The summed E-state index contributed by atoms with van der Waals surface area (Å²) >= 11 is 0. The first-order chi connectivity index (χ1) is 29.5. The Morgan fingerprint density at radius 3 is 1.14 bits per heavy atom. The Labute approximate surface area is 373 Å². The van der Waals surface area contributed by atoms with Gasteiger partial charge >= 0.3 is 73.3 Å². The summed E-state index contributed by atoms with van der Waals surface area (Å²) in [7, 11) is 0. The first-order valence-electron chi connectivity index (χ1n) is 14.0. The molecule has 1 unspecified atom stereocenters. The second-order valence-electron chi connectivity index (χ2n) is 9.58. The third-order valence-corrected chi connectivity index (χ3v) is 4.41. The van der Waals surface area contributed by atoms with Crippen molar-refractivity contribution in [2.24, 2.45) is 20.5 Å². The van der Waals surface area contributed by atoms with E-state index in [1.165, 1.54) is 4.94 Å². The maximum atomic E-state index is 13.2. The van der Waals surface area contributed by atoms with Crippen LogP contribution in [0.25, 0.3) is 41.8 Å². The normalized spacial score (nSPS) is 13.0. The van der Waals surface area contributed by atoms with E-state index in [0.29, 0.717) is 0 Å². The van der Waals surface area contributed by atoms with Crippen LogP contribution in [0.4, 0.5) is 132 Å². The van der Waals surface area contributed by atoms with Gasteiger partial charge in [0.15, 0.2) is 6.80 Å². The van der Waals surface area contributed by atoms with Crippen molar-refractivity contribution in [3.05, 3.63) is 41.8 Å². The Morgan fingerprint density at radius 1 is 0.437 bits per heavy atom. The van der Waals surface area contributed by atoms with Gasteiger partial charge in [0, 0.05) is 32.6 Å². The standard InChI is InChI=1S/C7H2F14O3.C5H4F6N6O2.C3H2F6O.C3H4F3N3.CH2FN3.4CH4/c8-2(9,10)1-22-5(15,16)3(11,4(12,13)14)23-6(17,18)7(19,20)24-21;6-3(7,1-14-16-12)4(8,9)19-5(10,11)18-2-15-17-13;4-2(5,6)1-3(7,8)10-9;4-3(5,6)1-2-8-9-7;2-1-4-5-3;;;;/h1H2;1-2H2;1H2;1-2H2;1H2;4*1H4. The Kier molecular flexibility index (Phi) is 41.4. The molecule has 0 aliphatic carbocycles. The van der Waals surface area contributed by atoms with E-state index in [1.54, 1.807) is 14.6 Å². The predicted molar refractivity (Wildman–Crippen MR) is 170 cm³/mol. The Hall–Kier alpha value is -5.10. The van der Waals surface area contributed by atoms with Crippen LogP contribution in [0.3, 0.4) is 0 Å². The Balaban J connectivity index is -0.000000104.